The number of nitrogens with two attached hydrogens (primary N) is 1. The lowest BCUT2D eigenvalue weighted by Gasteiger charge is -2.20. The molecular formula is C20H23N3O5S. The van der Waals surface area contributed by atoms with Crippen molar-refractivity contribution in [3.8, 4) is 5.75 Å². The van der Waals surface area contributed by atoms with Gasteiger partial charge < -0.3 is 10.5 Å². The lowest BCUT2D eigenvalue weighted by atomic mass is 10.1. The third-order valence-corrected chi connectivity index (χ3v) is 5.88. The molecule has 2 aromatic carbocycles. The Bertz CT molecular complexity index is 992. The van der Waals surface area contributed by atoms with E-state index in [1.807, 2.05) is 35.1 Å². The van der Waals surface area contributed by atoms with Crippen LogP contribution in [-0.4, -0.2) is 26.8 Å². The van der Waals surface area contributed by atoms with Crippen LogP contribution in [0.1, 0.15) is 30.4 Å². The molecule has 0 spiro atoms. The van der Waals surface area contributed by atoms with Gasteiger partial charge in [-0.3, -0.25) is 9.59 Å². The summed E-state index contributed by atoms with van der Waals surface area (Å²) in [6.07, 6.45) is 2.47. The van der Waals surface area contributed by atoms with Crippen LogP contribution in [0.25, 0.3) is 0 Å². The Kier molecular flexibility index (Phi) is 6.38. The normalized spacial score (nSPS) is 15.2. The molecule has 2 aromatic rings. The number of unbranched alkanes of at least 4 members (excludes halogenated alkanes) is 1. The number of ether oxygens (including phenoxy) is 1. The van der Waals surface area contributed by atoms with E-state index >= 15 is 0 Å². The van der Waals surface area contributed by atoms with Crippen LogP contribution in [0, 0.1) is 0 Å². The molecule has 0 radical (unpaired) electrons. The lowest BCUT2D eigenvalue weighted by molar-refractivity contribution is -0.118. The molecule has 1 fully saturated rings. The maximum atomic E-state index is 12.3. The molecule has 3 rings (SSSR count). The first kappa shape index (κ1) is 20.7. The predicted molar refractivity (Wildman–Crippen MR) is 108 cm³/mol. The number of nitrogens with zero attached hydrogens (tertiary/aromatic N) is 1. The first-order valence-corrected chi connectivity index (χ1v) is 10.7. The number of rotatable bonds is 9. The first-order valence-electron chi connectivity index (χ1n) is 9.26. The van der Waals surface area contributed by atoms with E-state index in [1.165, 1.54) is 0 Å². The average molecular weight is 417 g/mol. The molecule has 1 aliphatic rings. The number of hydrogen-bond acceptors (Lipinski definition) is 5. The molecule has 154 valence electrons. The minimum absolute atomic E-state index is 0.258. The molecule has 9 heteroatoms. The summed E-state index contributed by atoms with van der Waals surface area (Å²) in [5.74, 6) is -0.542. The molecule has 1 heterocycles. The van der Waals surface area contributed by atoms with Crippen LogP contribution in [0.4, 0.5) is 5.69 Å². The summed E-state index contributed by atoms with van der Waals surface area (Å²) in [7, 11) is -3.94. The van der Waals surface area contributed by atoms with Crippen LogP contribution in [0.5, 0.6) is 5.75 Å². The second kappa shape index (κ2) is 8.95. The second-order valence-corrected chi connectivity index (χ2v) is 8.38. The van der Waals surface area contributed by atoms with E-state index in [4.69, 9.17) is 10.5 Å². The Morgan fingerprint density at radius 1 is 1.10 bits per heavy atom. The van der Waals surface area contributed by atoms with Gasteiger partial charge in [-0.15, -0.1) is 0 Å². The topological polar surface area (TPSA) is 119 Å². The fraction of sp³-hybridized carbons (Fsp3) is 0.300. The van der Waals surface area contributed by atoms with Crippen molar-refractivity contribution in [3.63, 3.8) is 0 Å². The van der Waals surface area contributed by atoms with Gasteiger partial charge in [-0.2, -0.15) is 8.42 Å². The molecule has 8 nitrogen and oxygen atoms in total. The molecule has 0 saturated carbocycles. The standard InChI is InChI=1S/C20H23N3O5S/c21-19(24)9-5-4-6-15-10-11-17(23-13-20(25)22-29(23,26)27)18(12-15)28-14-16-7-2-1-3-8-16/h1-3,7-8,10-12H,4-6,9,13-14H2,(H2,21,24)(H,22,25). The first-order chi connectivity index (χ1) is 13.8. The van der Waals surface area contributed by atoms with E-state index in [2.05, 4.69) is 0 Å². The molecule has 0 unspecified atom stereocenters. The highest BCUT2D eigenvalue weighted by Crippen LogP contribution is 2.33. The highest BCUT2D eigenvalue weighted by Gasteiger charge is 2.35. The van der Waals surface area contributed by atoms with Gasteiger partial charge in [-0.1, -0.05) is 36.4 Å². The van der Waals surface area contributed by atoms with Crippen molar-refractivity contribution in [2.24, 2.45) is 5.73 Å². The Hall–Kier alpha value is -3.07. The fourth-order valence-corrected chi connectivity index (χ4v) is 4.22. The molecule has 0 bridgehead atoms. The van der Waals surface area contributed by atoms with Gasteiger partial charge in [0.2, 0.25) is 5.91 Å². The number of nitrogens with one attached hydrogen (secondary N) is 1. The predicted octanol–water partition coefficient (Wildman–Crippen LogP) is 1.64. The number of amides is 2. The zero-order chi connectivity index (χ0) is 20.9. The van der Waals surface area contributed by atoms with Gasteiger partial charge in [-0.05, 0) is 42.5 Å². The molecule has 0 aliphatic carbocycles. The lowest BCUT2D eigenvalue weighted by Crippen LogP contribution is -2.29. The molecule has 29 heavy (non-hydrogen) atoms. The Balaban J connectivity index is 1.82. The van der Waals surface area contributed by atoms with Crippen LogP contribution in [-0.2, 0) is 32.8 Å². The summed E-state index contributed by atoms with van der Waals surface area (Å²) in [4.78, 5) is 22.5. The summed E-state index contributed by atoms with van der Waals surface area (Å²) < 4.78 is 33.4. The number of carbonyl (C=O) groups excluding carboxylic acids is 2. The summed E-state index contributed by atoms with van der Waals surface area (Å²) >= 11 is 0. The fourth-order valence-electron chi connectivity index (χ4n) is 3.06. The zero-order valence-corrected chi connectivity index (χ0v) is 16.7. The van der Waals surface area contributed by atoms with Gasteiger partial charge in [0, 0.05) is 6.42 Å². The van der Waals surface area contributed by atoms with E-state index in [0.29, 0.717) is 30.7 Å². The minimum atomic E-state index is -3.94. The van der Waals surface area contributed by atoms with Crippen molar-refractivity contribution >= 4 is 27.7 Å². The Morgan fingerprint density at radius 2 is 1.86 bits per heavy atom. The van der Waals surface area contributed by atoms with E-state index in [9.17, 15) is 18.0 Å². The van der Waals surface area contributed by atoms with Crippen molar-refractivity contribution in [1.82, 2.24) is 4.72 Å². The summed E-state index contributed by atoms with van der Waals surface area (Å²) in [6, 6.07) is 14.7. The van der Waals surface area contributed by atoms with Gasteiger partial charge in [0.05, 0.1) is 5.69 Å². The van der Waals surface area contributed by atoms with E-state index in [1.54, 1.807) is 18.2 Å². The minimum Gasteiger partial charge on any atom is -0.487 e. The molecule has 3 N–H and O–H groups in total. The van der Waals surface area contributed by atoms with Crippen molar-refractivity contribution in [1.29, 1.82) is 0 Å². The maximum absolute atomic E-state index is 12.3. The van der Waals surface area contributed by atoms with Crippen LogP contribution < -0.4 is 19.5 Å². The van der Waals surface area contributed by atoms with E-state index < -0.39 is 16.1 Å². The number of aryl methyl sites for hydroxylation is 1. The van der Waals surface area contributed by atoms with Gasteiger partial charge in [0.25, 0.3) is 5.91 Å². The Labute approximate surface area is 169 Å². The van der Waals surface area contributed by atoms with Gasteiger partial charge >= 0.3 is 10.2 Å². The summed E-state index contributed by atoms with van der Waals surface area (Å²) in [5.41, 5.74) is 7.34. The number of anilines is 1. The van der Waals surface area contributed by atoms with Crippen molar-refractivity contribution in [2.75, 3.05) is 10.8 Å². The quantitative estimate of drug-likeness (QED) is 0.601. The Morgan fingerprint density at radius 3 is 2.52 bits per heavy atom. The second-order valence-electron chi connectivity index (χ2n) is 6.79. The number of carbonyl (C=O) groups is 2. The van der Waals surface area contributed by atoms with Crippen LogP contribution in [0.15, 0.2) is 48.5 Å². The van der Waals surface area contributed by atoms with E-state index in [-0.39, 0.29) is 19.1 Å². The zero-order valence-electron chi connectivity index (χ0n) is 15.8. The highest BCUT2D eigenvalue weighted by atomic mass is 32.2. The average Bonchev–Trinajstić information content (AvgIpc) is 2.96. The largest absolute Gasteiger partial charge is 0.487 e. The van der Waals surface area contributed by atoms with Crippen LogP contribution in [0.3, 0.4) is 0 Å². The molecule has 1 saturated heterocycles. The smallest absolute Gasteiger partial charge is 0.326 e. The molecule has 0 aromatic heterocycles. The third-order valence-electron chi connectivity index (χ3n) is 4.49. The summed E-state index contributed by atoms with van der Waals surface area (Å²) in [6.45, 7) is -0.0315. The molecule has 2 amide bonds. The van der Waals surface area contributed by atoms with Crippen LogP contribution in [0.2, 0.25) is 0 Å². The number of benzene rings is 2. The van der Waals surface area contributed by atoms with Crippen molar-refractivity contribution < 1.29 is 22.7 Å². The van der Waals surface area contributed by atoms with Gasteiger partial charge in [-0.25, -0.2) is 9.03 Å². The molecular weight excluding hydrogens is 394 g/mol. The maximum Gasteiger partial charge on any atom is 0.326 e. The van der Waals surface area contributed by atoms with Crippen molar-refractivity contribution in [3.05, 3.63) is 59.7 Å². The van der Waals surface area contributed by atoms with Gasteiger partial charge in [0.1, 0.15) is 18.9 Å². The summed E-state index contributed by atoms with van der Waals surface area (Å²) in [5, 5.41) is 0. The number of hydrogen-bond donors (Lipinski definition) is 2. The van der Waals surface area contributed by atoms with E-state index in [0.717, 1.165) is 21.9 Å². The molecule has 1 aliphatic heterocycles. The van der Waals surface area contributed by atoms with Gasteiger partial charge in [0.15, 0.2) is 0 Å². The third kappa shape index (κ3) is 5.47. The monoisotopic (exact) mass is 417 g/mol. The van der Waals surface area contributed by atoms with Crippen molar-refractivity contribution in [2.45, 2.75) is 32.3 Å². The number of primary amides is 1. The van der Waals surface area contributed by atoms with Crippen LogP contribution >= 0.6 is 0 Å². The SMILES string of the molecule is NC(=O)CCCCc1ccc(N2CC(=O)NS2(=O)=O)c(OCc2ccccc2)c1. The molecule has 0 atom stereocenters. The highest BCUT2D eigenvalue weighted by molar-refractivity contribution is 7.92.